The van der Waals surface area contributed by atoms with Gasteiger partial charge in [0.1, 0.15) is 5.75 Å². The Labute approximate surface area is 114 Å². The van der Waals surface area contributed by atoms with E-state index in [2.05, 4.69) is 26.5 Å². The first-order valence-corrected chi connectivity index (χ1v) is 6.62. The maximum absolute atomic E-state index is 11.4. The SMILES string of the molecule is CCOC(=O)c1ccc(OCC(C)(C)CS)cc1. The maximum Gasteiger partial charge on any atom is 0.338 e. The first-order valence-electron chi connectivity index (χ1n) is 5.99. The second kappa shape index (κ2) is 6.69. The van der Waals surface area contributed by atoms with Gasteiger partial charge < -0.3 is 9.47 Å². The molecule has 0 aromatic heterocycles. The lowest BCUT2D eigenvalue weighted by molar-refractivity contribution is 0.0526. The Morgan fingerprint density at radius 2 is 1.89 bits per heavy atom. The number of carbonyl (C=O) groups is 1. The van der Waals surface area contributed by atoms with Crippen molar-refractivity contribution in [1.82, 2.24) is 0 Å². The molecule has 0 N–H and O–H groups in total. The summed E-state index contributed by atoms with van der Waals surface area (Å²) >= 11 is 4.27. The molecule has 0 aliphatic carbocycles. The van der Waals surface area contributed by atoms with E-state index in [1.807, 2.05) is 0 Å². The molecule has 0 spiro atoms. The Bertz CT molecular complexity index is 385. The van der Waals surface area contributed by atoms with Crippen LogP contribution in [0.2, 0.25) is 0 Å². The van der Waals surface area contributed by atoms with Crippen LogP contribution in [0.5, 0.6) is 5.75 Å². The number of thiol groups is 1. The summed E-state index contributed by atoms with van der Waals surface area (Å²) in [5, 5.41) is 0. The van der Waals surface area contributed by atoms with Crippen LogP contribution in [0.25, 0.3) is 0 Å². The van der Waals surface area contributed by atoms with E-state index >= 15 is 0 Å². The normalized spacial score (nSPS) is 11.1. The van der Waals surface area contributed by atoms with Gasteiger partial charge in [-0.15, -0.1) is 0 Å². The van der Waals surface area contributed by atoms with E-state index in [1.54, 1.807) is 31.2 Å². The topological polar surface area (TPSA) is 35.5 Å². The van der Waals surface area contributed by atoms with Crippen molar-refractivity contribution in [3.8, 4) is 5.75 Å². The van der Waals surface area contributed by atoms with Crippen molar-refractivity contribution in [2.45, 2.75) is 20.8 Å². The van der Waals surface area contributed by atoms with Gasteiger partial charge in [-0.05, 0) is 36.9 Å². The molecular weight excluding hydrogens is 248 g/mol. The second-order valence-corrected chi connectivity index (χ2v) is 5.17. The number of hydrogen-bond acceptors (Lipinski definition) is 4. The van der Waals surface area contributed by atoms with Gasteiger partial charge in [-0.2, -0.15) is 12.6 Å². The van der Waals surface area contributed by atoms with Gasteiger partial charge in [-0.1, -0.05) is 13.8 Å². The number of carbonyl (C=O) groups excluding carboxylic acids is 1. The van der Waals surface area contributed by atoms with Crippen LogP contribution in [0.4, 0.5) is 0 Å². The van der Waals surface area contributed by atoms with Gasteiger partial charge in [0.25, 0.3) is 0 Å². The lowest BCUT2D eigenvalue weighted by Gasteiger charge is -2.22. The van der Waals surface area contributed by atoms with Crippen molar-refractivity contribution in [2.24, 2.45) is 5.41 Å². The number of ether oxygens (including phenoxy) is 2. The number of benzene rings is 1. The summed E-state index contributed by atoms with van der Waals surface area (Å²) in [5.41, 5.74) is 0.570. The minimum atomic E-state index is -0.306. The molecule has 1 rings (SSSR count). The molecule has 0 radical (unpaired) electrons. The average Bonchev–Trinajstić information content (AvgIpc) is 2.37. The molecule has 100 valence electrons. The predicted molar refractivity (Wildman–Crippen MR) is 75.5 cm³/mol. The first kappa shape index (κ1) is 14.9. The molecule has 3 nitrogen and oxygen atoms in total. The highest BCUT2D eigenvalue weighted by atomic mass is 32.1. The van der Waals surface area contributed by atoms with Crippen LogP contribution in [0, 0.1) is 5.41 Å². The first-order chi connectivity index (χ1) is 8.48. The van der Waals surface area contributed by atoms with Crippen LogP contribution in [-0.2, 0) is 4.74 Å². The van der Waals surface area contributed by atoms with Crippen molar-refractivity contribution in [1.29, 1.82) is 0 Å². The van der Waals surface area contributed by atoms with Gasteiger partial charge in [-0.25, -0.2) is 4.79 Å². The van der Waals surface area contributed by atoms with E-state index in [0.717, 1.165) is 11.5 Å². The van der Waals surface area contributed by atoms with Gasteiger partial charge in [0.15, 0.2) is 0 Å². The van der Waals surface area contributed by atoms with Crippen LogP contribution in [0.15, 0.2) is 24.3 Å². The molecule has 0 amide bonds. The van der Waals surface area contributed by atoms with E-state index in [-0.39, 0.29) is 11.4 Å². The van der Waals surface area contributed by atoms with Crippen molar-refractivity contribution >= 4 is 18.6 Å². The average molecular weight is 268 g/mol. The Kier molecular flexibility index (Phi) is 5.54. The number of esters is 1. The van der Waals surface area contributed by atoms with Crippen molar-refractivity contribution in [3.63, 3.8) is 0 Å². The second-order valence-electron chi connectivity index (χ2n) is 4.86. The quantitative estimate of drug-likeness (QED) is 0.635. The lowest BCUT2D eigenvalue weighted by Crippen LogP contribution is -2.23. The number of hydrogen-bond donors (Lipinski definition) is 1. The van der Waals surface area contributed by atoms with Crippen LogP contribution in [0.1, 0.15) is 31.1 Å². The van der Waals surface area contributed by atoms with E-state index < -0.39 is 0 Å². The van der Waals surface area contributed by atoms with Crippen LogP contribution < -0.4 is 4.74 Å². The van der Waals surface area contributed by atoms with Gasteiger partial charge in [0.05, 0.1) is 18.8 Å². The van der Waals surface area contributed by atoms with E-state index in [4.69, 9.17) is 9.47 Å². The fourth-order valence-electron chi connectivity index (χ4n) is 1.23. The largest absolute Gasteiger partial charge is 0.493 e. The minimum absolute atomic E-state index is 0.0307. The fourth-order valence-corrected chi connectivity index (χ4v) is 1.32. The zero-order valence-electron chi connectivity index (χ0n) is 11.1. The summed E-state index contributed by atoms with van der Waals surface area (Å²) in [6.45, 7) is 6.94. The summed E-state index contributed by atoms with van der Waals surface area (Å²) in [6.07, 6.45) is 0. The standard InChI is InChI=1S/C14H20O3S/c1-4-16-13(15)11-5-7-12(8-6-11)17-9-14(2,3)10-18/h5-8,18H,4,9-10H2,1-3H3. The maximum atomic E-state index is 11.4. The monoisotopic (exact) mass is 268 g/mol. The van der Waals surface area contributed by atoms with Gasteiger partial charge >= 0.3 is 5.97 Å². The smallest absolute Gasteiger partial charge is 0.338 e. The molecule has 0 fully saturated rings. The zero-order chi connectivity index (χ0) is 13.6. The third kappa shape index (κ3) is 4.61. The summed E-state index contributed by atoms with van der Waals surface area (Å²) in [7, 11) is 0. The Morgan fingerprint density at radius 3 is 2.39 bits per heavy atom. The Hall–Kier alpha value is -1.16. The van der Waals surface area contributed by atoms with Crippen molar-refractivity contribution < 1.29 is 14.3 Å². The van der Waals surface area contributed by atoms with Crippen LogP contribution in [-0.4, -0.2) is 24.9 Å². The zero-order valence-corrected chi connectivity index (χ0v) is 12.0. The lowest BCUT2D eigenvalue weighted by atomic mass is 9.98. The van der Waals surface area contributed by atoms with Crippen LogP contribution in [0.3, 0.4) is 0 Å². The molecule has 0 aliphatic rings. The Morgan fingerprint density at radius 1 is 1.28 bits per heavy atom. The van der Waals surface area contributed by atoms with Gasteiger partial charge in [0.2, 0.25) is 0 Å². The fraction of sp³-hybridized carbons (Fsp3) is 0.500. The van der Waals surface area contributed by atoms with Crippen molar-refractivity contribution in [2.75, 3.05) is 19.0 Å². The molecule has 1 aromatic rings. The summed E-state index contributed by atoms with van der Waals surface area (Å²) in [5.74, 6) is 1.20. The number of rotatable bonds is 6. The molecule has 0 bridgehead atoms. The van der Waals surface area contributed by atoms with Crippen LogP contribution >= 0.6 is 12.6 Å². The predicted octanol–water partition coefficient (Wildman–Crippen LogP) is 3.20. The summed E-state index contributed by atoms with van der Waals surface area (Å²) in [4.78, 5) is 11.4. The highest BCUT2D eigenvalue weighted by Gasteiger charge is 2.16. The van der Waals surface area contributed by atoms with E-state index in [0.29, 0.717) is 18.8 Å². The third-order valence-electron chi connectivity index (χ3n) is 2.42. The molecule has 1 aromatic carbocycles. The molecule has 0 unspecified atom stereocenters. The highest BCUT2D eigenvalue weighted by Crippen LogP contribution is 2.20. The molecule has 0 saturated heterocycles. The molecule has 0 aliphatic heterocycles. The molecule has 18 heavy (non-hydrogen) atoms. The molecule has 0 heterocycles. The molecular formula is C14H20O3S. The Balaban J connectivity index is 2.58. The minimum Gasteiger partial charge on any atom is -0.493 e. The van der Waals surface area contributed by atoms with Gasteiger partial charge in [-0.3, -0.25) is 0 Å². The van der Waals surface area contributed by atoms with E-state index in [1.165, 1.54) is 0 Å². The van der Waals surface area contributed by atoms with E-state index in [9.17, 15) is 4.79 Å². The molecule has 0 atom stereocenters. The van der Waals surface area contributed by atoms with Crippen molar-refractivity contribution in [3.05, 3.63) is 29.8 Å². The molecule has 0 saturated carbocycles. The summed E-state index contributed by atoms with van der Waals surface area (Å²) < 4.78 is 10.6. The molecule has 4 heteroatoms. The highest BCUT2D eigenvalue weighted by molar-refractivity contribution is 7.80. The summed E-state index contributed by atoms with van der Waals surface area (Å²) in [6, 6.07) is 6.98. The van der Waals surface area contributed by atoms with Gasteiger partial charge in [0, 0.05) is 5.41 Å². The third-order valence-corrected chi connectivity index (χ3v) is 3.28.